The third-order valence-corrected chi connectivity index (χ3v) is 4.95. The molecule has 2 aliphatic rings. The molecule has 1 saturated carbocycles. The van der Waals surface area contributed by atoms with Crippen molar-refractivity contribution in [2.75, 3.05) is 27.1 Å². The highest BCUT2D eigenvalue weighted by Gasteiger charge is 2.36. The van der Waals surface area contributed by atoms with E-state index in [0.717, 1.165) is 19.1 Å². The maximum atomic E-state index is 13.2. The Morgan fingerprint density at radius 3 is 2.50 bits per heavy atom. The summed E-state index contributed by atoms with van der Waals surface area (Å²) < 4.78 is 34.4. The van der Waals surface area contributed by atoms with Crippen LogP contribution in [0.4, 0.5) is 0 Å². The van der Waals surface area contributed by atoms with Gasteiger partial charge in [0, 0.05) is 43.6 Å². The molecule has 0 radical (unpaired) electrons. The molecule has 1 aliphatic heterocycles. The lowest BCUT2D eigenvalue weighted by molar-refractivity contribution is -0.116. The number of fused-ring (bicyclic) bond motifs is 1. The van der Waals surface area contributed by atoms with Crippen LogP contribution in [0.15, 0.2) is 23.9 Å². The van der Waals surface area contributed by atoms with Gasteiger partial charge in [0.1, 0.15) is 0 Å². The van der Waals surface area contributed by atoms with Gasteiger partial charge in [0.2, 0.25) is 6.79 Å². The molecule has 1 heterocycles. The number of hydrogen-bond acceptors (Lipinski definition) is 7. The lowest BCUT2D eigenvalue weighted by atomic mass is 9.94. The van der Waals surface area contributed by atoms with Gasteiger partial charge in [-0.1, -0.05) is 0 Å². The molecule has 7 nitrogen and oxygen atoms in total. The molecular weight excluding hydrogens is 358 g/mol. The van der Waals surface area contributed by atoms with E-state index in [0.29, 0.717) is 5.75 Å². The lowest BCUT2D eigenvalue weighted by Crippen LogP contribution is -2.20. The summed E-state index contributed by atoms with van der Waals surface area (Å²) in [5.74, 6) is -0.541. The summed E-state index contributed by atoms with van der Waals surface area (Å²) in [5, 5.41) is 0. The van der Waals surface area contributed by atoms with Gasteiger partial charge in [0.05, 0.1) is 11.3 Å². The van der Waals surface area contributed by atoms with Gasteiger partial charge in [-0.2, -0.15) is 0 Å². The van der Waals surface area contributed by atoms with Crippen molar-refractivity contribution in [3.05, 3.63) is 35.0 Å². The third kappa shape index (κ3) is 3.90. The standard InChI is InChI=1S/C18H21NO6S/c1-19(2)8-13(16(20)11-4-5-11)17(21)12-6-7-15-18(25-10-24-15)14(12)9-26(3,22)23/h6-8,11H,4-5,9-10H2,1-3H3/b13-8+. The van der Waals surface area contributed by atoms with E-state index >= 15 is 0 Å². The van der Waals surface area contributed by atoms with Crippen molar-refractivity contribution in [2.45, 2.75) is 18.6 Å². The Hall–Kier alpha value is -2.35. The molecule has 0 unspecified atom stereocenters. The average Bonchev–Trinajstić information content (AvgIpc) is 3.27. The zero-order valence-corrected chi connectivity index (χ0v) is 15.8. The van der Waals surface area contributed by atoms with Crippen LogP contribution in [0.2, 0.25) is 0 Å². The summed E-state index contributed by atoms with van der Waals surface area (Å²) in [6.45, 7) is -0.0366. The number of Topliss-reactive ketones (excluding diaryl/α,β-unsaturated/α-hetero) is 2. The van der Waals surface area contributed by atoms with E-state index in [1.165, 1.54) is 12.3 Å². The lowest BCUT2D eigenvalue weighted by Gasteiger charge is -2.14. The summed E-state index contributed by atoms with van der Waals surface area (Å²) in [7, 11) is 0.0231. The monoisotopic (exact) mass is 379 g/mol. The topological polar surface area (TPSA) is 90.0 Å². The van der Waals surface area contributed by atoms with Crippen molar-refractivity contribution in [3.8, 4) is 11.5 Å². The molecule has 140 valence electrons. The molecule has 1 aromatic carbocycles. The van der Waals surface area contributed by atoms with E-state index in [-0.39, 0.29) is 46.7 Å². The van der Waals surface area contributed by atoms with Crippen molar-refractivity contribution in [1.29, 1.82) is 0 Å². The Morgan fingerprint density at radius 2 is 1.92 bits per heavy atom. The summed E-state index contributed by atoms with van der Waals surface area (Å²) in [6.07, 6.45) is 4.13. The molecular formula is C18H21NO6S. The summed E-state index contributed by atoms with van der Waals surface area (Å²) in [4.78, 5) is 27.4. The molecule has 1 fully saturated rings. The van der Waals surface area contributed by atoms with Gasteiger partial charge in [0.25, 0.3) is 0 Å². The van der Waals surface area contributed by atoms with Gasteiger partial charge in [-0.15, -0.1) is 0 Å². The van der Waals surface area contributed by atoms with E-state index in [2.05, 4.69) is 0 Å². The molecule has 0 bridgehead atoms. The third-order valence-electron chi connectivity index (χ3n) is 4.14. The first-order chi connectivity index (χ1) is 12.2. The normalized spacial score (nSPS) is 16.5. The molecule has 0 N–H and O–H groups in total. The van der Waals surface area contributed by atoms with Gasteiger partial charge in [0.15, 0.2) is 32.9 Å². The van der Waals surface area contributed by atoms with E-state index in [9.17, 15) is 18.0 Å². The number of carbonyl (C=O) groups excluding carboxylic acids is 2. The maximum absolute atomic E-state index is 13.2. The van der Waals surface area contributed by atoms with Crippen molar-refractivity contribution >= 4 is 21.4 Å². The number of nitrogens with zero attached hydrogens (tertiary/aromatic N) is 1. The zero-order chi connectivity index (χ0) is 19.1. The second-order valence-electron chi connectivity index (χ2n) is 6.87. The largest absolute Gasteiger partial charge is 0.454 e. The van der Waals surface area contributed by atoms with Crippen LogP contribution < -0.4 is 9.47 Å². The fourth-order valence-electron chi connectivity index (χ4n) is 2.85. The van der Waals surface area contributed by atoms with E-state index in [1.54, 1.807) is 25.1 Å². The summed E-state index contributed by atoms with van der Waals surface area (Å²) >= 11 is 0. The summed E-state index contributed by atoms with van der Waals surface area (Å²) in [5.41, 5.74) is 0.452. The first-order valence-corrected chi connectivity index (χ1v) is 10.3. The Kier molecular flexibility index (Phi) is 4.79. The fourth-order valence-corrected chi connectivity index (χ4v) is 3.66. The number of benzene rings is 1. The number of carbonyl (C=O) groups is 2. The number of sulfone groups is 1. The van der Waals surface area contributed by atoms with Crippen LogP contribution in [0, 0.1) is 5.92 Å². The molecule has 1 aliphatic carbocycles. The minimum absolute atomic E-state index is 0.0366. The number of ether oxygens (including phenoxy) is 2. The van der Waals surface area contributed by atoms with Crippen LogP contribution in [-0.2, 0) is 20.4 Å². The Bertz CT molecular complexity index is 897. The average molecular weight is 379 g/mol. The van der Waals surface area contributed by atoms with Crippen LogP contribution in [-0.4, -0.2) is 52.0 Å². The van der Waals surface area contributed by atoms with Crippen LogP contribution >= 0.6 is 0 Å². The highest BCUT2D eigenvalue weighted by Crippen LogP contribution is 2.40. The van der Waals surface area contributed by atoms with Crippen molar-refractivity contribution in [3.63, 3.8) is 0 Å². The molecule has 0 saturated heterocycles. The number of ketones is 2. The number of hydrogen-bond donors (Lipinski definition) is 0. The minimum Gasteiger partial charge on any atom is -0.454 e. The maximum Gasteiger partial charge on any atom is 0.231 e. The van der Waals surface area contributed by atoms with E-state index < -0.39 is 15.6 Å². The molecule has 0 amide bonds. The van der Waals surface area contributed by atoms with Crippen LogP contribution in [0.25, 0.3) is 0 Å². The Labute approximate surface area is 152 Å². The van der Waals surface area contributed by atoms with Gasteiger partial charge in [-0.05, 0) is 25.0 Å². The van der Waals surface area contributed by atoms with Crippen LogP contribution in [0.1, 0.15) is 28.8 Å². The minimum atomic E-state index is -3.43. The molecule has 0 aromatic heterocycles. The highest BCUT2D eigenvalue weighted by atomic mass is 32.2. The SMILES string of the molecule is CN(C)/C=C(/C(=O)c1ccc2c(c1CS(C)(=O)=O)OCO2)C(=O)C1CC1. The predicted molar refractivity (Wildman–Crippen MR) is 94.9 cm³/mol. The van der Waals surface area contributed by atoms with E-state index in [4.69, 9.17) is 9.47 Å². The zero-order valence-electron chi connectivity index (χ0n) is 14.9. The molecule has 8 heteroatoms. The fraction of sp³-hybridized carbons (Fsp3) is 0.444. The second kappa shape index (κ2) is 6.75. The molecule has 1 aromatic rings. The predicted octanol–water partition coefficient (Wildman–Crippen LogP) is 1.57. The van der Waals surface area contributed by atoms with Gasteiger partial charge >= 0.3 is 0 Å². The van der Waals surface area contributed by atoms with Crippen LogP contribution in [0.3, 0.4) is 0 Å². The molecule has 3 rings (SSSR count). The first kappa shape index (κ1) is 18.4. The molecule has 0 atom stereocenters. The van der Waals surface area contributed by atoms with Gasteiger partial charge in [-0.3, -0.25) is 9.59 Å². The Morgan fingerprint density at radius 1 is 1.23 bits per heavy atom. The van der Waals surface area contributed by atoms with Gasteiger partial charge < -0.3 is 14.4 Å². The Balaban J connectivity index is 2.09. The number of allylic oxidation sites excluding steroid dienone is 1. The second-order valence-corrected chi connectivity index (χ2v) is 9.01. The summed E-state index contributed by atoms with van der Waals surface area (Å²) in [6, 6.07) is 3.07. The van der Waals surface area contributed by atoms with Crippen molar-refractivity contribution < 1.29 is 27.5 Å². The first-order valence-electron chi connectivity index (χ1n) is 8.23. The highest BCUT2D eigenvalue weighted by molar-refractivity contribution is 7.89. The smallest absolute Gasteiger partial charge is 0.231 e. The molecule has 26 heavy (non-hydrogen) atoms. The quantitative estimate of drug-likeness (QED) is 0.307. The van der Waals surface area contributed by atoms with Gasteiger partial charge in [-0.25, -0.2) is 8.42 Å². The van der Waals surface area contributed by atoms with Crippen molar-refractivity contribution in [1.82, 2.24) is 4.90 Å². The molecule has 0 spiro atoms. The van der Waals surface area contributed by atoms with Crippen molar-refractivity contribution in [2.24, 2.45) is 5.92 Å². The number of rotatable bonds is 7. The van der Waals surface area contributed by atoms with E-state index in [1.807, 2.05) is 0 Å². The van der Waals surface area contributed by atoms with Crippen LogP contribution in [0.5, 0.6) is 11.5 Å².